The first kappa shape index (κ1) is 13.1. The summed E-state index contributed by atoms with van der Waals surface area (Å²) in [5.41, 5.74) is 1.59. The van der Waals surface area contributed by atoms with Crippen molar-refractivity contribution < 1.29 is 8.42 Å². The molecule has 0 aliphatic rings. The number of sulfonamides is 1. The molecule has 18 heavy (non-hydrogen) atoms. The van der Waals surface area contributed by atoms with E-state index in [9.17, 15) is 8.42 Å². The molecule has 0 bridgehead atoms. The fourth-order valence-electron chi connectivity index (χ4n) is 1.64. The normalized spacial score (nSPS) is 11.4. The van der Waals surface area contributed by atoms with Crippen LogP contribution in [-0.4, -0.2) is 15.5 Å². The number of halogens is 1. The van der Waals surface area contributed by atoms with E-state index >= 15 is 0 Å². The summed E-state index contributed by atoms with van der Waals surface area (Å²) < 4.78 is 25.7. The van der Waals surface area contributed by atoms with E-state index in [1.54, 1.807) is 24.3 Å². The van der Waals surface area contributed by atoms with E-state index in [1.165, 1.54) is 7.05 Å². The zero-order valence-electron chi connectivity index (χ0n) is 9.72. The Morgan fingerprint density at radius 3 is 2.44 bits per heavy atom. The van der Waals surface area contributed by atoms with Crippen molar-refractivity contribution in [2.24, 2.45) is 0 Å². The Labute approximate surface area is 111 Å². The van der Waals surface area contributed by atoms with E-state index in [0.717, 1.165) is 11.1 Å². The van der Waals surface area contributed by atoms with Gasteiger partial charge in [0.05, 0.1) is 4.90 Å². The largest absolute Gasteiger partial charge is 0.240 e. The highest BCUT2D eigenvalue weighted by Gasteiger charge is 2.12. The molecule has 0 amide bonds. The van der Waals surface area contributed by atoms with Crippen LogP contribution in [0.5, 0.6) is 0 Å². The monoisotopic (exact) mass is 281 g/mol. The summed E-state index contributed by atoms with van der Waals surface area (Å²) in [6, 6.07) is 14.0. The van der Waals surface area contributed by atoms with E-state index in [2.05, 4.69) is 4.72 Å². The van der Waals surface area contributed by atoms with Gasteiger partial charge in [-0.15, -0.1) is 0 Å². The molecule has 2 aromatic rings. The lowest BCUT2D eigenvalue weighted by Gasteiger charge is -2.07. The number of nitrogens with one attached hydrogen (secondary N) is 1. The first-order valence-electron chi connectivity index (χ1n) is 5.33. The van der Waals surface area contributed by atoms with Gasteiger partial charge >= 0.3 is 0 Å². The number of hydrogen-bond donors (Lipinski definition) is 1. The molecule has 0 atom stereocenters. The lowest BCUT2D eigenvalue weighted by Crippen LogP contribution is -2.18. The quantitative estimate of drug-likeness (QED) is 0.940. The predicted octanol–water partition coefficient (Wildman–Crippen LogP) is 2.92. The fraction of sp³-hybridized carbons (Fsp3) is 0.0769. The van der Waals surface area contributed by atoms with Crippen molar-refractivity contribution in [3.05, 3.63) is 53.6 Å². The van der Waals surface area contributed by atoms with Gasteiger partial charge in [-0.05, 0) is 30.8 Å². The lowest BCUT2D eigenvalue weighted by molar-refractivity contribution is 0.588. The van der Waals surface area contributed by atoms with Gasteiger partial charge in [-0.1, -0.05) is 41.9 Å². The Balaban J connectivity index is 2.56. The molecule has 3 nitrogen and oxygen atoms in total. The molecule has 0 aliphatic heterocycles. The maximum atomic E-state index is 11.7. The van der Waals surface area contributed by atoms with Gasteiger partial charge in [0.15, 0.2) is 0 Å². The van der Waals surface area contributed by atoms with E-state index in [0.29, 0.717) is 5.02 Å². The second-order valence-electron chi connectivity index (χ2n) is 3.72. The van der Waals surface area contributed by atoms with E-state index in [-0.39, 0.29) is 4.90 Å². The van der Waals surface area contributed by atoms with Crippen LogP contribution in [0.4, 0.5) is 0 Å². The van der Waals surface area contributed by atoms with Gasteiger partial charge in [-0.3, -0.25) is 0 Å². The Kier molecular flexibility index (Phi) is 3.71. The molecule has 5 heteroatoms. The van der Waals surface area contributed by atoms with Crippen molar-refractivity contribution >= 4 is 21.6 Å². The minimum Gasteiger partial charge on any atom is -0.214 e. The molecule has 0 spiro atoms. The van der Waals surface area contributed by atoms with Crippen LogP contribution in [0.3, 0.4) is 0 Å². The smallest absolute Gasteiger partial charge is 0.214 e. The second kappa shape index (κ2) is 5.10. The second-order valence-corrected chi connectivity index (χ2v) is 6.01. The molecule has 0 saturated carbocycles. The number of rotatable bonds is 3. The maximum Gasteiger partial charge on any atom is 0.240 e. The Hall–Kier alpha value is -1.36. The molecule has 2 aromatic carbocycles. The Morgan fingerprint density at radius 1 is 1.06 bits per heavy atom. The average Bonchev–Trinajstić information content (AvgIpc) is 2.39. The molecule has 0 unspecified atom stereocenters. The molecule has 0 aromatic heterocycles. The van der Waals surface area contributed by atoms with Crippen LogP contribution in [-0.2, 0) is 10.0 Å². The van der Waals surface area contributed by atoms with Crippen molar-refractivity contribution in [2.75, 3.05) is 7.05 Å². The highest BCUT2D eigenvalue weighted by Crippen LogP contribution is 2.28. The van der Waals surface area contributed by atoms with Crippen LogP contribution in [0.1, 0.15) is 0 Å². The van der Waals surface area contributed by atoms with E-state index in [1.807, 2.05) is 24.3 Å². The highest BCUT2D eigenvalue weighted by molar-refractivity contribution is 7.89. The number of benzene rings is 2. The third kappa shape index (κ3) is 2.56. The Morgan fingerprint density at radius 2 is 1.78 bits per heavy atom. The fourth-order valence-corrected chi connectivity index (χ4v) is 2.66. The third-order valence-electron chi connectivity index (χ3n) is 2.60. The van der Waals surface area contributed by atoms with Gasteiger partial charge in [0.25, 0.3) is 0 Å². The summed E-state index contributed by atoms with van der Waals surface area (Å²) in [5, 5.41) is 0.594. The SMILES string of the molecule is CNS(=O)(=O)c1cccc(-c2ccccc2Cl)c1. The van der Waals surface area contributed by atoms with Crippen LogP contribution in [0.25, 0.3) is 11.1 Å². The van der Waals surface area contributed by atoms with Crippen LogP contribution in [0, 0.1) is 0 Å². The standard InChI is InChI=1S/C13H12ClNO2S/c1-15-18(16,17)11-6-4-5-10(9-11)12-7-2-3-8-13(12)14/h2-9,15H,1H3. The van der Waals surface area contributed by atoms with Crippen molar-refractivity contribution in [3.8, 4) is 11.1 Å². The van der Waals surface area contributed by atoms with Gasteiger partial charge in [-0.2, -0.15) is 0 Å². The summed E-state index contributed by atoms with van der Waals surface area (Å²) in [6.07, 6.45) is 0. The average molecular weight is 282 g/mol. The molecule has 0 fully saturated rings. The summed E-state index contributed by atoms with van der Waals surface area (Å²) in [5.74, 6) is 0. The molecule has 0 radical (unpaired) electrons. The van der Waals surface area contributed by atoms with Gasteiger partial charge in [0.2, 0.25) is 10.0 Å². The van der Waals surface area contributed by atoms with Crippen molar-refractivity contribution in [3.63, 3.8) is 0 Å². The van der Waals surface area contributed by atoms with Crippen LogP contribution in [0.2, 0.25) is 5.02 Å². The minimum absolute atomic E-state index is 0.224. The van der Waals surface area contributed by atoms with Gasteiger partial charge in [0, 0.05) is 10.6 Å². The van der Waals surface area contributed by atoms with Gasteiger partial charge in [-0.25, -0.2) is 13.1 Å². The van der Waals surface area contributed by atoms with E-state index < -0.39 is 10.0 Å². The first-order chi connectivity index (χ1) is 8.54. The van der Waals surface area contributed by atoms with Gasteiger partial charge in [0.1, 0.15) is 0 Å². The Bertz CT molecular complexity index is 668. The summed E-state index contributed by atoms with van der Waals surface area (Å²) in [4.78, 5) is 0.224. The maximum absolute atomic E-state index is 11.7. The summed E-state index contributed by atoms with van der Waals surface area (Å²) in [6.45, 7) is 0. The predicted molar refractivity (Wildman–Crippen MR) is 73.1 cm³/mol. The highest BCUT2D eigenvalue weighted by atomic mass is 35.5. The molecular weight excluding hydrogens is 270 g/mol. The molecule has 0 heterocycles. The van der Waals surface area contributed by atoms with Crippen LogP contribution >= 0.6 is 11.6 Å². The van der Waals surface area contributed by atoms with Crippen LogP contribution < -0.4 is 4.72 Å². The first-order valence-corrected chi connectivity index (χ1v) is 7.19. The van der Waals surface area contributed by atoms with Crippen molar-refractivity contribution in [2.45, 2.75) is 4.90 Å². The van der Waals surface area contributed by atoms with Crippen molar-refractivity contribution in [1.82, 2.24) is 4.72 Å². The molecular formula is C13H12ClNO2S. The minimum atomic E-state index is -3.43. The van der Waals surface area contributed by atoms with Crippen LogP contribution in [0.15, 0.2) is 53.4 Å². The van der Waals surface area contributed by atoms with E-state index in [4.69, 9.17) is 11.6 Å². The molecule has 0 saturated heterocycles. The summed E-state index contributed by atoms with van der Waals surface area (Å²) in [7, 11) is -2.05. The number of hydrogen-bond acceptors (Lipinski definition) is 2. The lowest BCUT2D eigenvalue weighted by atomic mass is 10.1. The summed E-state index contributed by atoms with van der Waals surface area (Å²) >= 11 is 6.09. The molecule has 2 rings (SSSR count). The zero-order chi connectivity index (χ0) is 13.2. The molecule has 0 aliphatic carbocycles. The van der Waals surface area contributed by atoms with Gasteiger partial charge < -0.3 is 0 Å². The molecule has 94 valence electrons. The zero-order valence-corrected chi connectivity index (χ0v) is 11.3. The molecule has 1 N–H and O–H groups in total. The van der Waals surface area contributed by atoms with Crippen molar-refractivity contribution in [1.29, 1.82) is 0 Å². The topological polar surface area (TPSA) is 46.2 Å². The third-order valence-corrected chi connectivity index (χ3v) is 4.34.